The SMILES string of the molecule is CC[PH](CC)(CC(=O)Nc1c(C)cccc1C)C(C)C(=O)Nc1c(C)cc(Cl)cc1C. The minimum absolute atomic E-state index is 0.00581. The van der Waals surface area contributed by atoms with E-state index in [1.54, 1.807) is 0 Å². The number of rotatable bonds is 8. The summed E-state index contributed by atoms with van der Waals surface area (Å²) in [5, 5.41) is 6.91. The number of aryl methyl sites for hydroxylation is 4. The molecule has 31 heavy (non-hydrogen) atoms. The van der Waals surface area contributed by atoms with Crippen LogP contribution in [0.2, 0.25) is 5.02 Å². The van der Waals surface area contributed by atoms with Crippen LogP contribution in [-0.2, 0) is 9.59 Å². The van der Waals surface area contributed by atoms with E-state index in [-0.39, 0.29) is 17.5 Å². The van der Waals surface area contributed by atoms with E-state index in [4.69, 9.17) is 11.6 Å². The normalized spacial score (nSPS) is 12.9. The summed E-state index contributed by atoms with van der Waals surface area (Å²) in [5.41, 5.74) is 5.49. The molecule has 2 aromatic rings. The Hall–Kier alpha value is -1.90. The average Bonchev–Trinajstić information content (AvgIpc) is 2.71. The zero-order valence-corrected chi connectivity index (χ0v) is 21.5. The van der Waals surface area contributed by atoms with Gasteiger partial charge in [0.25, 0.3) is 0 Å². The fraction of sp³-hybridized carbons (Fsp3) is 0.440. The molecule has 0 heterocycles. The zero-order valence-electron chi connectivity index (χ0n) is 19.8. The molecule has 2 aromatic carbocycles. The third kappa shape index (κ3) is 5.87. The molecule has 2 rings (SSSR count). The Morgan fingerprint density at radius 2 is 1.39 bits per heavy atom. The van der Waals surface area contributed by atoms with Crippen molar-refractivity contribution in [2.75, 3.05) is 29.1 Å². The van der Waals surface area contributed by atoms with Gasteiger partial charge in [-0.05, 0) is 0 Å². The minimum atomic E-state index is -2.21. The maximum absolute atomic E-state index is 13.3. The molecule has 1 unspecified atom stereocenters. The van der Waals surface area contributed by atoms with Gasteiger partial charge in [0.15, 0.2) is 0 Å². The van der Waals surface area contributed by atoms with Crippen LogP contribution < -0.4 is 10.6 Å². The molecule has 4 nitrogen and oxygen atoms in total. The first-order valence-electron chi connectivity index (χ1n) is 11.0. The quantitative estimate of drug-likeness (QED) is 0.450. The number of carbonyl (C=O) groups excluding carboxylic acids is 2. The van der Waals surface area contributed by atoms with Crippen molar-refractivity contribution in [1.29, 1.82) is 0 Å². The summed E-state index contributed by atoms with van der Waals surface area (Å²) in [6.45, 7) is 14.1. The molecule has 0 fully saturated rings. The van der Waals surface area contributed by atoms with Gasteiger partial charge < -0.3 is 0 Å². The zero-order chi connectivity index (χ0) is 23.3. The number of para-hydroxylation sites is 1. The van der Waals surface area contributed by atoms with Gasteiger partial charge in [-0.25, -0.2) is 0 Å². The second-order valence-corrected chi connectivity index (χ2v) is 14.5. The van der Waals surface area contributed by atoms with E-state index in [2.05, 4.69) is 24.5 Å². The van der Waals surface area contributed by atoms with Crippen molar-refractivity contribution < 1.29 is 9.59 Å². The number of benzene rings is 2. The van der Waals surface area contributed by atoms with Crippen molar-refractivity contribution in [3.63, 3.8) is 0 Å². The Morgan fingerprint density at radius 3 is 1.87 bits per heavy atom. The molecule has 2 N–H and O–H groups in total. The molecular weight excluding hydrogens is 427 g/mol. The molecular formula is C25H36ClN2O2P. The third-order valence-corrected chi connectivity index (χ3v) is 12.9. The second-order valence-electron chi connectivity index (χ2n) is 8.69. The van der Waals surface area contributed by atoms with Crippen molar-refractivity contribution in [3.05, 3.63) is 57.6 Å². The van der Waals surface area contributed by atoms with Crippen molar-refractivity contribution >= 4 is 42.1 Å². The average molecular weight is 463 g/mol. The molecule has 0 aliphatic heterocycles. The molecule has 0 aromatic heterocycles. The van der Waals surface area contributed by atoms with Crippen LogP contribution in [0.25, 0.3) is 0 Å². The Balaban J connectivity index is 2.22. The Labute approximate surface area is 192 Å². The van der Waals surface area contributed by atoms with Crippen molar-refractivity contribution in [3.8, 4) is 0 Å². The van der Waals surface area contributed by atoms with E-state index in [1.165, 1.54) is 0 Å². The van der Waals surface area contributed by atoms with Crippen molar-refractivity contribution in [2.45, 2.75) is 54.1 Å². The predicted molar refractivity (Wildman–Crippen MR) is 138 cm³/mol. The first-order valence-corrected chi connectivity index (χ1v) is 14.1. The van der Waals surface area contributed by atoms with E-state index in [1.807, 2.05) is 65.0 Å². The summed E-state index contributed by atoms with van der Waals surface area (Å²) in [6, 6.07) is 9.71. The van der Waals surface area contributed by atoms with Crippen LogP contribution in [0, 0.1) is 27.7 Å². The fourth-order valence-corrected chi connectivity index (χ4v) is 8.61. The van der Waals surface area contributed by atoms with Gasteiger partial charge in [-0.1, -0.05) is 0 Å². The van der Waals surface area contributed by atoms with Crippen molar-refractivity contribution in [2.24, 2.45) is 0 Å². The van der Waals surface area contributed by atoms with E-state index < -0.39 is 7.26 Å². The monoisotopic (exact) mass is 462 g/mol. The number of hydrogen-bond donors (Lipinski definition) is 2. The summed E-state index contributed by atoms with van der Waals surface area (Å²) in [5.74, 6) is -0.00460. The van der Waals surface area contributed by atoms with E-state index in [9.17, 15) is 9.59 Å². The molecule has 0 saturated carbocycles. The Kier molecular flexibility index (Phi) is 8.68. The molecule has 0 aliphatic rings. The summed E-state index contributed by atoms with van der Waals surface area (Å²) < 4.78 is 0. The molecule has 0 saturated heterocycles. The number of carbonyl (C=O) groups is 2. The second kappa shape index (κ2) is 10.6. The van der Waals surface area contributed by atoms with Crippen LogP contribution in [0.5, 0.6) is 0 Å². The molecule has 0 radical (unpaired) electrons. The molecule has 0 bridgehead atoms. The number of anilines is 2. The molecule has 170 valence electrons. The maximum atomic E-state index is 13.3. The summed E-state index contributed by atoms with van der Waals surface area (Å²) >= 11 is 6.13. The number of halogens is 1. The Bertz CT molecular complexity index is 927. The molecule has 0 spiro atoms. The van der Waals surface area contributed by atoms with E-state index in [0.717, 1.165) is 46.0 Å². The standard InChI is InChI=1S/C25H36ClN2O2P/c1-8-31(9-2,15-22(29)27-23-16(3)11-10-12-17(23)4)20(7)25(30)28-24-18(5)13-21(26)14-19(24)6/h10-14,20,31H,8-9,15H2,1-7H3,(H,27,29)(H,28,30). The summed E-state index contributed by atoms with van der Waals surface area (Å²) in [7, 11) is -2.21. The Morgan fingerprint density at radius 1 is 0.903 bits per heavy atom. The molecule has 1 atom stereocenters. The van der Waals surface area contributed by atoms with E-state index >= 15 is 0 Å². The van der Waals surface area contributed by atoms with Crippen LogP contribution in [0.1, 0.15) is 43.0 Å². The first kappa shape index (κ1) is 25.4. The number of amides is 2. The van der Waals surface area contributed by atoms with Gasteiger partial charge in [-0.3, -0.25) is 0 Å². The first-order chi connectivity index (χ1) is 14.5. The fourth-order valence-electron chi connectivity index (χ4n) is 4.40. The third-order valence-electron chi connectivity index (χ3n) is 6.72. The van der Waals surface area contributed by atoms with Crippen LogP contribution in [0.15, 0.2) is 30.3 Å². The predicted octanol–water partition coefficient (Wildman–Crippen LogP) is 6.33. The number of hydrogen-bond acceptors (Lipinski definition) is 2. The molecule has 0 aliphatic carbocycles. The van der Waals surface area contributed by atoms with Crippen LogP contribution in [0.3, 0.4) is 0 Å². The summed E-state index contributed by atoms with van der Waals surface area (Å²) in [6.07, 6.45) is 2.18. The van der Waals surface area contributed by atoms with Gasteiger partial charge in [0.1, 0.15) is 0 Å². The van der Waals surface area contributed by atoms with Crippen molar-refractivity contribution in [1.82, 2.24) is 0 Å². The van der Waals surface area contributed by atoms with Crippen LogP contribution in [0.4, 0.5) is 11.4 Å². The van der Waals surface area contributed by atoms with E-state index in [0.29, 0.717) is 11.2 Å². The van der Waals surface area contributed by atoms with Gasteiger partial charge in [-0.15, -0.1) is 0 Å². The van der Waals surface area contributed by atoms with Gasteiger partial charge in [0.05, 0.1) is 0 Å². The van der Waals surface area contributed by atoms with Gasteiger partial charge >= 0.3 is 192 Å². The molecule has 2 amide bonds. The van der Waals surface area contributed by atoms with Crippen LogP contribution in [-0.4, -0.2) is 36.0 Å². The molecule has 6 heteroatoms. The van der Waals surface area contributed by atoms with Gasteiger partial charge in [-0.2, -0.15) is 0 Å². The topological polar surface area (TPSA) is 58.2 Å². The number of nitrogens with one attached hydrogen (secondary N) is 2. The van der Waals surface area contributed by atoms with Gasteiger partial charge in [0.2, 0.25) is 0 Å². The van der Waals surface area contributed by atoms with Gasteiger partial charge in [0, 0.05) is 0 Å². The van der Waals surface area contributed by atoms with Crippen LogP contribution >= 0.6 is 18.9 Å². The summed E-state index contributed by atoms with van der Waals surface area (Å²) in [4.78, 5) is 26.3.